The summed E-state index contributed by atoms with van der Waals surface area (Å²) in [6.45, 7) is 8.34. The molecule has 2 aliphatic rings. The first-order valence-electron chi connectivity index (χ1n) is 5.11. The van der Waals surface area contributed by atoms with Crippen molar-refractivity contribution >= 4 is 0 Å². The topological polar surface area (TPSA) is 24.1 Å². The second kappa shape index (κ2) is 3.00. The summed E-state index contributed by atoms with van der Waals surface area (Å²) in [5.41, 5.74) is 0.526. The van der Waals surface area contributed by atoms with Crippen LogP contribution >= 0.6 is 0 Å². The average molecular weight is 168 g/mol. The van der Waals surface area contributed by atoms with Gasteiger partial charge in [-0.1, -0.05) is 13.8 Å². The van der Waals surface area contributed by atoms with Crippen LogP contribution in [0.5, 0.6) is 0 Å². The molecule has 12 heavy (non-hydrogen) atoms. The van der Waals surface area contributed by atoms with E-state index in [0.29, 0.717) is 5.41 Å². The smallest absolute Gasteiger partial charge is 0.0221 e. The van der Waals surface area contributed by atoms with Crippen LogP contribution in [0, 0.1) is 11.3 Å². The van der Waals surface area contributed by atoms with Crippen molar-refractivity contribution in [3.05, 3.63) is 0 Å². The molecule has 0 spiro atoms. The van der Waals surface area contributed by atoms with Gasteiger partial charge in [0.15, 0.2) is 0 Å². The molecule has 2 heteroatoms. The van der Waals surface area contributed by atoms with Crippen molar-refractivity contribution in [3.8, 4) is 0 Å². The molecule has 2 saturated heterocycles. The van der Waals surface area contributed by atoms with Gasteiger partial charge >= 0.3 is 0 Å². The largest absolute Gasteiger partial charge is 0.315 e. The Kier molecular flexibility index (Phi) is 2.13. The summed E-state index contributed by atoms with van der Waals surface area (Å²) in [6, 6.07) is 0.756. The minimum atomic E-state index is 0.526. The van der Waals surface area contributed by atoms with Crippen LogP contribution in [-0.4, -0.2) is 25.7 Å². The molecule has 0 bridgehead atoms. The minimum Gasteiger partial charge on any atom is -0.315 e. The van der Waals surface area contributed by atoms with Gasteiger partial charge in [-0.25, -0.2) is 0 Å². The third kappa shape index (κ3) is 1.64. The first-order valence-corrected chi connectivity index (χ1v) is 5.11. The van der Waals surface area contributed by atoms with E-state index in [0.717, 1.165) is 12.0 Å². The van der Waals surface area contributed by atoms with Gasteiger partial charge < -0.3 is 10.6 Å². The molecule has 0 aromatic rings. The van der Waals surface area contributed by atoms with Crippen LogP contribution in [0.4, 0.5) is 0 Å². The second-order valence-electron chi connectivity index (χ2n) is 5.11. The number of hydrogen-bond donors (Lipinski definition) is 2. The summed E-state index contributed by atoms with van der Waals surface area (Å²) < 4.78 is 0. The van der Waals surface area contributed by atoms with Crippen molar-refractivity contribution in [2.24, 2.45) is 11.3 Å². The highest BCUT2D eigenvalue weighted by Gasteiger charge is 2.35. The molecule has 2 heterocycles. The van der Waals surface area contributed by atoms with Gasteiger partial charge in [0.05, 0.1) is 0 Å². The lowest BCUT2D eigenvalue weighted by atomic mass is 9.73. The fraction of sp³-hybridized carbons (Fsp3) is 1.00. The standard InChI is InChI=1S/C10H20N2/c1-10(2)5-8-3-4-11-6-9(8)12-7-10/h8-9,11-12H,3-7H2,1-2H3. The summed E-state index contributed by atoms with van der Waals surface area (Å²) in [5.74, 6) is 0.926. The Balaban J connectivity index is 1.99. The lowest BCUT2D eigenvalue weighted by Crippen LogP contribution is -2.56. The van der Waals surface area contributed by atoms with Crippen molar-refractivity contribution < 1.29 is 0 Å². The normalized spacial score (nSPS) is 40.5. The molecule has 70 valence electrons. The molecule has 2 atom stereocenters. The van der Waals surface area contributed by atoms with E-state index < -0.39 is 0 Å². The molecule has 2 unspecified atom stereocenters. The maximum atomic E-state index is 3.65. The fourth-order valence-corrected chi connectivity index (χ4v) is 2.59. The van der Waals surface area contributed by atoms with Gasteiger partial charge in [0.1, 0.15) is 0 Å². The van der Waals surface area contributed by atoms with Crippen LogP contribution in [0.15, 0.2) is 0 Å². The van der Waals surface area contributed by atoms with E-state index in [2.05, 4.69) is 24.5 Å². The van der Waals surface area contributed by atoms with E-state index in [-0.39, 0.29) is 0 Å². The van der Waals surface area contributed by atoms with Crippen molar-refractivity contribution in [2.75, 3.05) is 19.6 Å². The zero-order valence-electron chi connectivity index (χ0n) is 8.19. The van der Waals surface area contributed by atoms with Crippen LogP contribution in [0.2, 0.25) is 0 Å². The highest BCUT2D eigenvalue weighted by molar-refractivity contribution is 4.93. The van der Waals surface area contributed by atoms with Gasteiger partial charge in [0.25, 0.3) is 0 Å². The molecule has 2 N–H and O–H groups in total. The average Bonchev–Trinajstić information content (AvgIpc) is 2.02. The highest BCUT2D eigenvalue weighted by Crippen LogP contribution is 2.33. The Hall–Kier alpha value is -0.0800. The second-order valence-corrected chi connectivity index (χ2v) is 5.11. The number of nitrogens with one attached hydrogen (secondary N) is 2. The monoisotopic (exact) mass is 168 g/mol. The molecule has 2 aliphatic heterocycles. The van der Waals surface area contributed by atoms with Crippen LogP contribution in [-0.2, 0) is 0 Å². The summed E-state index contributed by atoms with van der Waals surface area (Å²) in [5, 5.41) is 7.10. The van der Waals surface area contributed by atoms with Crippen molar-refractivity contribution in [2.45, 2.75) is 32.7 Å². The Bertz CT molecular complexity index is 165. The Morgan fingerprint density at radius 2 is 2.17 bits per heavy atom. The van der Waals surface area contributed by atoms with Gasteiger partial charge in [0.2, 0.25) is 0 Å². The summed E-state index contributed by atoms with van der Waals surface area (Å²) in [4.78, 5) is 0. The van der Waals surface area contributed by atoms with Crippen molar-refractivity contribution in [1.82, 2.24) is 10.6 Å². The number of fused-ring (bicyclic) bond motifs is 1. The molecule has 2 fully saturated rings. The number of hydrogen-bond acceptors (Lipinski definition) is 2. The van der Waals surface area contributed by atoms with Crippen LogP contribution < -0.4 is 10.6 Å². The molecule has 0 aromatic heterocycles. The third-order valence-corrected chi connectivity index (χ3v) is 3.28. The first-order chi connectivity index (χ1) is 5.67. The Labute approximate surface area is 75.1 Å². The molecule has 0 aliphatic carbocycles. The Morgan fingerprint density at radius 3 is 3.00 bits per heavy atom. The molecule has 0 aromatic carbocycles. The van der Waals surface area contributed by atoms with Crippen LogP contribution in [0.3, 0.4) is 0 Å². The van der Waals surface area contributed by atoms with Crippen LogP contribution in [0.1, 0.15) is 26.7 Å². The van der Waals surface area contributed by atoms with Crippen molar-refractivity contribution in [3.63, 3.8) is 0 Å². The molecule has 0 saturated carbocycles. The lowest BCUT2D eigenvalue weighted by Gasteiger charge is -2.44. The van der Waals surface area contributed by atoms with Gasteiger partial charge in [-0.05, 0) is 30.7 Å². The van der Waals surface area contributed by atoms with E-state index in [4.69, 9.17) is 0 Å². The highest BCUT2D eigenvalue weighted by atomic mass is 15.0. The first kappa shape index (κ1) is 8.52. The van der Waals surface area contributed by atoms with E-state index in [1.807, 2.05) is 0 Å². The zero-order valence-corrected chi connectivity index (χ0v) is 8.19. The maximum absolute atomic E-state index is 3.65. The zero-order chi connectivity index (χ0) is 8.60. The summed E-state index contributed by atoms with van der Waals surface area (Å²) >= 11 is 0. The predicted molar refractivity (Wildman–Crippen MR) is 51.2 cm³/mol. The Morgan fingerprint density at radius 1 is 1.33 bits per heavy atom. The van der Waals surface area contributed by atoms with E-state index >= 15 is 0 Å². The van der Waals surface area contributed by atoms with E-state index in [1.54, 1.807) is 0 Å². The van der Waals surface area contributed by atoms with Gasteiger partial charge in [-0.15, -0.1) is 0 Å². The number of piperidine rings is 2. The van der Waals surface area contributed by atoms with Gasteiger partial charge in [-0.3, -0.25) is 0 Å². The molecular formula is C10H20N2. The van der Waals surface area contributed by atoms with Crippen LogP contribution in [0.25, 0.3) is 0 Å². The quantitative estimate of drug-likeness (QED) is 0.563. The van der Waals surface area contributed by atoms with Gasteiger partial charge in [-0.2, -0.15) is 0 Å². The van der Waals surface area contributed by atoms with Crippen molar-refractivity contribution in [1.29, 1.82) is 0 Å². The van der Waals surface area contributed by atoms with E-state index in [9.17, 15) is 0 Å². The third-order valence-electron chi connectivity index (χ3n) is 3.28. The SMILES string of the molecule is CC1(C)CNC2CNCCC2C1. The molecule has 2 nitrogen and oxygen atoms in total. The number of rotatable bonds is 0. The fourth-order valence-electron chi connectivity index (χ4n) is 2.59. The summed E-state index contributed by atoms with van der Waals surface area (Å²) in [6.07, 6.45) is 2.77. The summed E-state index contributed by atoms with van der Waals surface area (Å²) in [7, 11) is 0. The van der Waals surface area contributed by atoms with E-state index in [1.165, 1.54) is 32.5 Å². The molecule has 2 rings (SSSR count). The molecule has 0 amide bonds. The van der Waals surface area contributed by atoms with Gasteiger partial charge in [0, 0.05) is 19.1 Å². The maximum Gasteiger partial charge on any atom is 0.0221 e. The minimum absolute atomic E-state index is 0.526. The predicted octanol–water partition coefficient (Wildman–Crippen LogP) is 0.984. The molecule has 0 radical (unpaired) electrons. The lowest BCUT2D eigenvalue weighted by molar-refractivity contribution is 0.125. The molecular weight excluding hydrogens is 148 g/mol.